The molecule has 0 aromatic heterocycles. The van der Waals surface area contributed by atoms with Crippen molar-refractivity contribution in [2.24, 2.45) is 0 Å². The number of hydrogen-bond acceptors (Lipinski definition) is 2. The predicted octanol–water partition coefficient (Wildman–Crippen LogP) is 4.04. The van der Waals surface area contributed by atoms with Gasteiger partial charge in [0.05, 0.1) is 10.8 Å². The predicted molar refractivity (Wildman–Crippen MR) is 61.4 cm³/mol. The van der Waals surface area contributed by atoms with E-state index in [1.165, 1.54) is 4.90 Å². The second kappa shape index (κ2) is 6.75. The van der Waals surface area contributed by atoms with Crippen molar-refractivity contribution < 1.29 is 0 Å². The number of rotatable bonds is 5. The molecule has 74 valence electrons. The number of alkyl halides is 1. The summed E-state index contributed by atoms with van der Waals surface area (Å²) in [7, 11) is 0. The molecular formula is C11H12ClNS. The number of hydrogen-bond donors (Lipinski definition) is 0. The lowest BCUT2D eigenvalue weighted by atomic mass is 10.3. The van der Waals surface area contributed by atoms with E-state index >= 15 is 0 Å². The van der Waals surface area contributed by atoms with Crippen molar-refractivity contribution in [2.45, 2.75) is 28.9 Å². The van der Waals surface area contributed by atoms with Gasteiger partial charge in [-0.15, -0.1) is 23.4 Å². The molecule has 0 bridgehead atoms. The molecular weight excluding hydrogens is 214 g/mol. The maximum Gasteiger partial charge on any atom is 0.0836 e. The third-order valence-corrected chi connectivity index (χ3v) is 3.25. The molecule has 1 unspecified atom stereocenters. The topological polar surface area (TPSA) is 23.8 Å². The standard InChI is InChI=1S/C11H12ClNS/c12-11(8-4-5-9-13)14-10-6-2-1-3-7-10/h1-3,6-7,11H,4-5,8H2. The van der Waals surface area contributed by atoms with E-state index in [-0.39, 0.29) is 4.71 Å². The summed E-state index contributed by atoms with van der Waals surface area (Å²) in [5.41, 5.74) is 0. The van der Waals surface area contributed by atoms with E-state index in [0.717, 1.165) is 12.8 Å². The third-order valence-electron chi connectivity index (χ3n) is 1.73. The fraction of sp³-hybridized carbons (Fsp3) is 0.364. The zero-order valence-electron chi connectivity index (χ0n) is 7.82. The lowest BCUT2D eigenvalue weighted by Crippen LogP contribution is -1.91. The van der Waals surface area contributed by atoms with Crippen LogP contribution in [-0.2, 0) is 0 Å². The van der Waals surface area contributed by atoms with Gasteiger partial charge >= 0.3 is 0 Å². The Morgan fingerprint density at radius 1 is 1.36 bits per heavy atom. The largest absolute Gasteiger partial charge is 0.198 e. The van der Waals surface area contributed by atoms with Crippen LogP contribution >= 0.6 is 23.4 Å². The normalized spacial score (nSPS) is 12.0. The smallest absolute Gasteiger partial charge is 0.0836 e. The molecule has 0 aliphatic heterocycles. The van der Waals surface area contributed by atoms with Crippen LogP contribution in [0.3, 0.4) is 0 Å². The molecule has 1 aromatic carbocycles. The number of benzene rings is 1. The van der Waals surface area contributed by atoms with Gasteiger partial charge < -0.3 is 0 Å². The van der Waals surface area contributed by atoms with Crippen LogP contribution in [0.1, 0.15) is 19.3 Å². The molecule has 0 saturated carbocycles. The number of thioether (sulfide) groups is 1. The molecule has 3 heteroatoms. The zero-order chi connectivity index (χ0) is 10.2. The molecule has 0 N–H and O–H groups in total. The lowest BCUT2D eigenvalue weighted by Gasteiger charge is -2.07. The maximum absolute atomic E-state index is 8.37. The summed E-state index contributed by atoms with van der Waals surface area (Å²) in [4.78, 5) is 1.18. The SMILES string of the molecule is N#CCCCC(Cl)Sc1ccccc1. The van der Waals surface area contributed by atoms with Gasteiger partial charge in [0.15, 0.2) is 0 Å². The number of unbranched alkanes of at least 4 members (excludes halogenated alkanes) is 1. The Kier molecular flexibility index (Phi) is 5.51. The summed E-state index contributed by atoms with van der Waals surface area (Å²) >= 11 is 7.75. The van der Waals surface area contributed by atoms with Crippen molar-refractivity contribution in [1.82, 2.24) is 0 Å². The molecule has 1 aromatic rings. The Hall–Kier alpha value is -0.650. The molecule has 0 amide bonds. The molecule has 14 heavy (non-hydrogen) atoms. The number of nitriles is 1. The highest BCUT2D eigenvalue weighted by molar-refractivity contribution is 8.01. The first-order valence-electron chi connectivity index (χ1n) is 4.55. The van der Waals surface area contributed by atoms with Gasteiger partial charge in [0.25, 0.3) is 0 Å². The van der Waals surface area contributed by atoms with E-state index in [1.807, 2.05) is 30.3 Å². The van der Waals surface area contributed by atoms with Crippen LogP contribution in [0.4, 0.5) is 0 Å². The fourth-order valence-corrected chi connectivity index (χ4v) is 2.40. The molecule has 0 aliphatic carbocycles. The first-order valence-corrected chi connectivity index (χ1v) is 5.87. The fourth-order valence-electron chi connectivity index (χ4n) is 1.05. The Balaban J connectivity index is 2.28. The van der Waals surface area contributed by atoms with Gasteiger partial charge in [0.1, 0.15) is 0 Å². The molecule has 0 heterocycles. The second-order valence-corrected chi connectivity index (χ2v) is 4.95. The molecule has 0 radical (unpaired) electrons. The third kappa shape index (κ3) is 4.55. The van der Waals surface area contributed by atoms with E-state index in [2.05, 4.69) is 6.07 Å². The van der Waals surface area contributed by atoms with E-state index in [9.17, 15) is 0 Å². The highest BCUT2D eigenvalue weighted by Crippen LogP contribution is 2.28. The Labute approximate surface area is 94.1 Å². The lowest BCUT2D eigenvalue weighted by molar-refractivity contribution is 0.806. The first-order chi connectivity index (χ1) is 6.83. The van der Waals surface area contributed by atoms with Gasteiger partial charge in [-0.1, -0.05) is 18.2 Å². The van der Waals surface area contributed by atoms with E-state index < -0.39 is 0 Å². The van der Waals surface area contributed by atoms with Crippen molar-refractivity contribution in [3.63, 3.8) is 0 Å². The Morgan fingerprint density at radius 3 is 2.71 bits per heavy atom. The minimum Gasteiger partial charge on any atom is -0.198 e. The molecule has 0 fully saturated rings. The van der Waals surface area contributed by atoms with Crippen molar-refractivity contribution in [3.8, 4) is 6.07 Å². The van der Waals surface area contributed by atoms with Crippen LogP contribution in [0.15, 0.2) is 35.2 Å². The van der Waals surface area contributed by atoms with E-state index in [1.54, 1.807) is 11.8 Å². The summed E-state index contributed by atoms with van der Waals surface area (Å²) < 4.78 is 0.0748. The summed E-state index contributed by atoms with van der Waals surface area (Å²) in [6.45, 7) is 0. The van der Waals surface area contributed by atoms with Gasteiger partial charge in [0.2, 0.25) is 0 Å². The van der Waals surface area contributed by atoms with Gasteiger partial charge in [-0.25, -0.2) is 0 Å². The van der Waals surface area contributed by atoms with Crippen LogP contribution in [0.5, 0.6) is 0 Å². The van der Waals surface area contributed by atoms with Gasteiger partial charge in [0, 0.05) is 11.3 Å². The minimum atomic E-state index is 0.0748. The molecule has 1 atom stereocenters. The molecule has 0 spiro atoms. The second-order valence-electron chi connectivity index (χ2n) is 2.89. The van der Waals surface area contributed by atoms with Crippen LogP contribution in [0, 0.1) is 11.3 Å². The molecule has 1 nitrogen and oxygen atoms in total. The van der Waals surface area contributed by atoms with Crippen LogP contribution in [0.25, 0.3) is 0 Å². The highest BCUT2D eigenvalue weighted by atomic mass is 35.5. The quantitative estimate of drug-likeness (QED) is 0.429. The highest BCUT2D eigenvalue weighted by Gasteiger charge is 2.05. The van der Waals surface area contributed by atoms with Gasteiger partial charge in [-0.05, 0) is 25.0 Å². The summed E-state index contributed by atoms with van der Waals surface area (Å²) in [5.74, 6) is 0. The van der Waals surface area contributed by atoms with Crippen molar-refractivity contribution in [1.29, 1.82) is 5.26 Å². The minimum absolute atomic E-state index is 0.0748. The summed E-state index contributed by atoms with van der Waals surface area (Å²) in [6, 6.07) is 12.2. The monoisotopic (exact) mass is 225 g/mol. The van der Waals surface area contributed by atoms with E-state index in [4.69, 9.17) is 16.9 Å². The Bertz CT molecular complexity index is 294. The first kappa shape index (κ1) is 11.4. The van der Waals surface area contributed by atoms with Crippen molar-refractivity contribution in [2.75, 3.05) is 0 Å². The van der Waals surface area contributed by atoms with Crippen molar-refractivity contribution >= 4 is 23.4 Å². The van der Waals surface area contributed by atoms with Crippen molar-refractivity contribution in [3.05, 3.63) is 30.3 Å². The van der Waals surface area contributed by atoms with Crippen LogP contribution in [0.2, 0.25) is 0 Å². The zero-order valence-corrected chi connectivity index (χ0v) is 9.39. The molecule has 0 saturated heterocycles. The number of halogens is 1. The van der Waals surface area contributed by atoms with Crippen LogP contribution in [-0.4, -0.2) is 4.71 Å². The average Bonchev–Trinajstić information content (AvgIpc) is 2.20. The summed E-state index contributed by atoms with van der Waals surface area (Å²) in [6.07, 6.45) is 2.36. The van der Waals surface area contributed by atoms with E-state index in [0.29, 0.717) is 6.42 Å². The Morgan fingerprint density at radius 2 is 2.07 bits per heavy atom. The maximum atomic E-state index is 8.37. The number of nitrogens with zero attached hydrogens (tertiary/aromatic N) is 1. The van der Waals surface area contributed by atoms with Gasteiger partial charge in [-0.3, -0.25) is 0 Å². The molecule has 0 aliphatic rings. The van der Waals surface area contributed by atoms with Crippen LogP contribution < -0.4 is 0 Å². The van der Waals surface area contributed by atoms with Gasteiger partial charge in [-0.2, -0.15) is 5.26 Å². The summed E-state index contributed by atoms with van der Waals surface area (Å²) in [5, 5.41) is 8.37. The average molecular weight is 226 g/mol. The molecule has 1 rings (SSSR count).